The second-order valence-electron chi connectivity index (χ2n) is 12.5. The van der Waals surface area contributed by atoms with Gasteiger partial charge in [0.1, 0.15) is 22.7 Å². The van der Waals surface area contributed by atoms with Crippen LogP contribution in [0, 0.1) is 0 Å². The molecule has 2 aliphatic rings. The number of aromatic nitrogens is 3. The van der Waals surface area contributed by atoms with Crippen molar-refractivity contribution in [2.75, 3.05) is 20.0 Å². The first-order chi connectivity index (χ1) is 24.2. The average Bonchev–Trinajstić information content (AvgIpc) is 3.09. The van der Waals surface area contributed by atoms with E-state index < -0.39 is 69.3 Å². The molecule has 1 fully saturated rings. The van der Waals surface area contributed by atoms with Gasteiger partial charge in [-0.3, -0.25) is 28.1 Å². The van der Waals surface area contributed by atoms with E-state index in [-0.39, 0.29) is 34.3 Å². The number of hydrogen-bond acceptors (Lipinski definition) is 12. The number of carbonyl (C=O) groups is 3. The van der Waals surface area contributed by atoms with E-state index in [4.69, 9.17) is 18.9 Å². The quantitative estimate of drug-likeness (QED) is 0.0861. The number of β-lactam (4-membered cyclic amide) rings is 1. The number of hydrogen-bond donors (Lipinski definition) is 3. The molecule has 2 aromatic carbocycles. The number of thiol groups is 1. The van der Waals surface area contributed by atoms with Gasteiger partial charge in [0.2, 0.25) is 0 Å². The molecule has 2 N–H and O–H groups in total. The number of amides is 2. The number of benzene rings is 2. The van der Waals surface area contributed by atoms with Gasteiger partial charge in [-0.25, -0.2) is 14.7 Å². The molecule has 3 atom stereocenters. The van der Waals surface area contributed by atoms with Crippen LogP contribution in [0.4, 0.5) is 4.79 Å². The number of fused-ring (bicyclic) bond motifs is 1. The Labute approximate surface area is 300 Å². The van der Waals surface area contributed by atoms with Gasteiger partial charge in [0, 0.05) is 19.1 Å². The normalized spacial score (nSPS) is 19.1. The molecule has 2 aliphatic heterocycles. The van der Waals surface area contributed by atoms with Crippen molar-refractivity contribution in [3.05, 3.63) is 116 Å². The molecule has 0 radical (unpaired) electrons. The molecule has 5 rings (SSSR count). The molecule has 3 unspecified atom stereocenters. The summed E-state index contributed by atoms with van der Waals surface area (Å²) in [7, 11) is 0.831. The number of allylic oxidation sites excluding steroid dienone is 1. The highest BCUT2D eigenvalue weighted by Gasteiger charge is 2.57. The molecule has 3 heterocycles. The fourth-order valence-corrected chi connectivity index (χ4v) is 7.46. The number of ether oxygens (including phenoxy) is 4. The third-order valence-corrected chi connectivity index (χ3v) is 9.75. The topological polar surface area (TPSA) is 188 Å². The van der Waals surface area contributed by atoms with Gasteiger partial charge >= 0.3 is 23.2 Å². The summed E-state index contributed by atoms with van der Waals surface area (Å²) in [6.07, 6.45) is -1.42. The maximum Gasteiger partial charge on any atom is 0.408 e. The van der Waals surface area contributed by atoms with E-state index in [1.165, 1.54) is 20.3 Å². The molecular weight excluding hydrogens is 703 g/mol. The first-order valence-corrected chi connectivity index (χ1v) is 17.5. The third-order valence-electron chi connectivity index (χ3n) is 7.81. The Morgan fingerprint density at radius 2 is 1.63 bits per heavy atom. The molecule has 2 amide bonds. The summed E-state index contributed by atoms with van der Waals surface area (Å²) >= 11 is 4.55. The fraction of sp³-hybridized carbons (Fsp3) is 0.353. The van der Waals surface area contributed by atoms with Crippen molar-refractivity contribution >= 4 is 46.3 Å². The van der Waals surface area contributed by atoms with Crippen molar-refractivity contribution in [2.45, 2.75) is 56.7 Å². The second kappa shape index (κ2) is 15.6. The zero-order chi connectivity index (χ0) is 37.0. The summed E-state index contributed by atoms with van der Waals surface area (Å²) in [5.74, 6) is -2.09. The van der Waals surface area contributed by atoms with Crippen LogP contribution in [0.1, 0.15) is 43.8 Å². The minimum Gasteiger partial charge on any atom is -0.448 e. The molecular formula is C34H37N5O10S2. The van der Waals surface area contributed by atoms with Crippen molar-refractivity contribution in [3.8, 4) is 0 Å². The Morgan fingerprint density at radius 1 is 1.04 bits per heavy atom. The van der Waals surface area contributed by atoms with Crippen molar-refractivity contribution in [1.82, 2.24) is 25.0 Å². The van der Waals surface area contributed by atoms with Crippen LogP contribution in [0.2, 0.25) is 0 Å². The van der Waals surface area contributed by atoms with E-state index in [2.05, 4.69) is 28.1 Å². The van der Waals surface area contributed by atoms with Gasteiger partial charge in [-0.1, -0.05) is 60.7 Å². The summed E-state index contributed by atoms with van der Waals surface area (Å²) in [5, 5.41) is 7.46. The van der Waals surface area contributed by atoms with Crippen molar-refractivity contribution < 1.29 is 37.5 Å². The number of aromatic amines is 1. The Kier molecular flexibility index (Phi) is 11.4. The highest BCUT2D eigenvalue weighted by Crippen LogP contribution is 2.38. The lowest BCUT2D eigenvalue weighted by molar-refractivity contribution is -0.153. The standard InChI is InChI=1S/C34H37N5O10S2/c1-34(2,3)49-33(44)35-24-29(41)39-25(32(43)48-26(19-12-8-6-9-13-19)20-14-10-7-11-15-20)21(18-51(45)31(24)39)16-22(50)27-36-37-28(40)30(42)38(27)17-23(46-4)47-5/h6-16,23-24,26,31,50H,17-18H2,1-5H3,(H,35,44)(H,37,40). The van der Waals surface area contributed by atoms with Crippen LogP contribution < -0.4 is 16.4 Å². The smallest absolute Gasteiger partial charge is 0.408 e. The van der Waals surface area contributed by atoms with E-state index in [9.17, 15) is 28.2 Å². The van der Waals surface area contributed by atoms with Gasteiger partial charge in [-0.05, 0) is 43.5 Å². The van der Waals surface area contributed by atoms with E-state index in [1.54, 1.807) is 69.3 Å². The molecule has 270 valence electrons. The number of carbonyl (C=O) groups excluding carboxylic acids is 3. The summed E-state index contributed by atoms with van der Waals surface area (Å²) in [6, 6.07) is 16.7. The summed E-state index contributed by atoms with van der Waals surface area (Å²) in [5.41, 5.74) is -1.77. The lowest BCUT2D eigenvalue weighted by Gasteiger charge is -2.49. The molecule has 0 aliphatic carbocycles. The molecule has 17 heteroatoms. The zero-order valence-electron chi connectivity index (χ0n) is 28.4. The summed E-state index contributed by atoms with van der Waals surface area (Å²) < 4.78 is 36.6. The summed E-state index contributed by atoms with van der Waals surface area (Å²) in [6.45, 7) is 4.71. The largest absolute Gasteiger partial charge is 0.448 e. The van der Waals surface area contributed by atoms with Gasteiger partial charge in [0.15, 0.2) is 18.2 Å². The maximum atomic E-state index is 14.3. The second-order valence-corrected chi connectivity index (χ2v) is 14.5. The Morgan fingerprint density at radius 3 is 2.18 bits per heavy atom. The van der Waals surface area contributed by atoms with E-state index >= 15 is 0 Å². The monoisotopic (exact) mass is 739 g/mol. The number of nitrogens with zero attached hydrogens (tertiary/aromatic N) is 3. The van der Waals surface area contributed by atoms with Gasteiger partial charge in [0.25, 0.3) is 5.91 Å². The van der Waals surface area contributed by atoms with Crippen LogP contribution in [0.25, 0.3) is 4.91 Å². The molecule has 1 saturated heterocycles. The number of alkyl carbamates (subject to hydrolysis) is 1. The molecule has 51 heavy (non-hydrogen) atoms. The average molecular weight is 740 g/mol. The van der Waals surface area contributed by atoms with Crippen LogP contribution in [0.15, 0.2) is 87.6 Å². The zero-order valence-corrected chi connectivity index (χ0v) is 30.1. The predicted octanol–water partition coefficient (Wildman–Crippen LogP) is 2.23. The van der Waals surface area contributed by atoms with Crippen LogP contribution in [0.3, 0.4) is 0 Å². The molecule has 0 bridgehead atoms. The SMILES string of the molecule is COC(Cn1c(C(S)=CC2=C(C(=O)OC(c3ccccc3)c3ccccc3)N3C(=O)C(NC(=O)OC(C)(C)C)C3S(=O)C2)n[nH]c(=O)c1=O)OC. The van der Waals surface area contributed by atoms with Crippen LogP contribution in [0.5, 0.6) is 0 Å². The Hall–Kier alpha value is -4.84. The number of rotatable bonds is 11. The van der Waals surface area contributed by atoms with Gasteiger partial charge in [-0.15, -0.1) is 12.6 Å². The lowest BCUT2D eigenvalue weighted by Crippen LogP contribution is -2.73. The molecule has 3 aromatic rings. The van der Waals surface area contributed by atoms with Crippen LogP contribution >= 0.6 is 12.6 Å². The molecule has 0 spiro atoms. The van der Waals surface area contributed by atoms with E-state index in [0.29, 0.717) is 11.1 Å². The van der Waals surface area contributed by atoms with Crippen molar-refractivity contribution in [2.24, 2.45) is 0 Å². The lowest BCUT2D eigenvalue weighted by atomic mass is 10.0. The Bertz CT molecular complexity index is 1960. The van der Waals surface area contributed by atoms with E-state index in [0.717, 1.165) is 9.47 Å². The molecule has 15 nitrogen and oxygen atoms in total. The number of nitrogens with one attached hydrogen (secondary N) is 2. The van der Waals surface area contributed by atoms with Crippen molar-refractivity contribution in [1.29, 1.82) is 0 Å². The first-order valence-electron chi connectivity index (χ1n) is 15.6. The molecule has 0 saturated carbocycles. The van der Waals surface area contributed by atoms with Gasteiger partial charge < -0.3 is 24.3 Å². The van der Waals surface area contributed by atoms with E-state index in [1.807, 2.05) is 12.1 Å². The minimum atomic E-state index is -1.86. The number of H-pyrrole nitrogens is 1. The Balaban J connectivity index is 1.61. The van der Waals surface area contributed by atoms with Gasteiger partial charge in [-0.2, -0.15) is 5.10 Å². The van der Waals surface area contributed by atoms with Crippen molar-refractivity contribution in [3.63, 3.8) is 0 Å². The number of methoxy groups -OCH3 is 2. The predicted molar refractivity (Wildman–Crippen MR) is 189 cm³/mol. The first kappa shape index (κ1) is 37.4. The minimum absolute atomic E-state index is 0.0378. The highest BCUT2D eigenvalue weighted by atomic mass is 32.2. The van der Waals surface area contributed by atoms with Crippen LogP contribution in [-0.2, 0) is 45.9 Å². The molecule has 1 aromatic heterocycles. The highest BCUT2D eigenvalue weighted by molar-refractivity contribution is 7.90. The third kappa shape index (κ3) is 8.22. The fourth-order valence-electron chi connectivity index (χ4n) is 5.51. The van der Waals surface area contributed by atoms with Crippen LogP contribution in [-0.4, -0.2) is 85.1 Å². The maximum absolute atomic E-state index is 14.3. The van der Waals surface area contributed by atoms with Gasteiger partial charge in [0.05, 0.1) is 23.1 Å². The number of esters is 1. The summed E-state index contributed by atoms with van der Waals surface area (Å²) in [4.78, 5) is 66.8.